The third-order valence-corrected chi connectivity index (χ3v) is 1.47. The lowest BCUT2D eigenvalue weighted by molar-refractivity contribution is 1.22. The van der Waals surface area contributed by atoms with E-state index in [0.717, 1.165) is 0 Å². The lowest BCUT2D eigenvalue weighted by Gasteiger charge is -1.89. The Bertz CT molecular complexity index is 268. The normalized spacial score (nSPS) is 9.44. The highest BCUT2D eigenvalue weighted by molar-refractivity contribution is 9.10. The summed E-state index contributed by atoms with van der Waals surface area (Å²) < 4.78 is 0.461. The average Bonchev–Trinajstić information content (AvgIpc) is 1.80. The first-order valence-corrected chi connectivity index (χ1v) is 3.13. The molecule has 0 aliphatic heterocycles. The van der Waals surface area contributed by atoms with E-state index in [1.807, 2.05) is 0 Å². The number of pyridine rings is 1. The van der Waals surface area contributed by atoms with Crippen molar-refractivity contribution in [2.75, 3.05) is 5.73 Å². The SMILES string of the molecule is Nc1c[nH]c(=O)c(Br)c1. The van der Waals surface area contributed by atoms with Crippen LogP contribution in [0.25, 0.3) is 0 Å². The van der Waals surface area contributed by atoms with E-state index < -0.39 is 0 Å². The molecule has 0 spiro atoms. The first kappa shape index (κ1) is 6.35. The van der Waals surface area contributed by atoms with E-state index in [0.29, 0.717) is 10.2 Å². The third-order valence-electron chi connectivity index (χ3n) is 0.880. The summed E-state index contributed by atoms with van der Waals surface area (Å²) in [4.78, 5) is 13.1. The molecule has 3 N–H and O–H groups in total. The minimum Gasteiger partial charge on any atom is -0.398 e. The summed E-state index contributed by atoms with van der Waals surface area (Å²) in [5.74, 6) is 0. The van der Waals surface area contributed by atoms with Gasteiger partial charge in [0, 0.05) is 11.9 Å². The molecule has 0 saturated carbocycles. The molecule has 0 unspecified atom stereocenters. The van der Waals surface area contributed by atoms with Crippen LogP contribution in [0.15, 0.2) is 21.5 Å². The van der Waals surface area contributed by atoms with Crippen molar-refractivity contribution in [3.05, 3.63) is 27.1 Å². The van der Waals surface area contributed by atoms with E-state index in [4.69, 9.17) is 5.73 Å². The fourth-order valence-corrected chi connectivity index (χ4v) is 0.850. The number of nitrogen functional groups attached to an aromatic ring is 1. The Morgan fingerprint density at radius 2 is 2.33 bits per heavy atom. The van der Waals surface area contributed by atoms with Crippen LogP contribution in [0.2, 0.25) is 0 Å². The van der Waals surface area contributed by atoms with Gasteiger partial charge in [0.1, 0.15) is 0 Å². The lowest BCUT2D eigenvalue weighted by atomic mass is 10.4. The van der Waals surface area contributed by atoms with Gasteiger partial charge in [-0.15, -0.1) is 0 Å². The summed E-state index contributed by atoms with van der Waals surface area (Å²) in [6.45, 7) is 0. The van der Waals surface area contributed by atoms with Crippen LogP contribution >= 0.6 is 15.9 Å². The van der Waals surface area contributed by atoms with Crippen LogP contribution in [0.4, 0.5) is 5.69 Å². The third kappa shape index (κ3) is 1.32. The molecule has 0 aliphatic rings. The fourth-order valence-electron chi connectivity index (χ4n) is 0.471. The van der Waals surface area contributed by atoms with Crippen molar-refractivity contribution in [3.63, 3.8) is 0 Å². The molecular formula is C5H5BrN2O. The Labute approximate surface area is 60.0 Å². The zero-order valence-electron chi connectivity index (χ0n) is 4.52. The zero-order valence-corrected chi connectivity index (χ0v) is 6.10. The Morgan fingerprint density at radius 3 is 2.78 bits per heavy atom. The van der Waals surface area contributed by atoms with Gasteiger partial charge in [-0.05, 0) is 22.0 Å². The van der Waals surface area contributed by atoms with Gasteiger partial charge < -0.3 is 10.7 Å². The minimum atomic E-state index is -0.163. The Morgan fingerprint density at radius 1 is 1.67 bits per heavy atom. The van der Waals surface area contributed by atoms with Crippen molar-refractivity contribution >= 4 is 21.6 Å². The highest BCUT2D eigenvalue weighted by Crippen LogP contribution is 2.04. The second-order valence-corrected chi connectivity index (χ2v) is 2.46. The number of rotatable bonds is 0. The topological polar surface area (TPSA) is 58.9 Å². The molecule has 0 aromatic carbocycles. The van der Waals surface area contributed by atoms with E-state index in [9.17, 15) is 4.79 Å². The second kappa shape index (κ2) is 2.23. The molecule has 0 atom stereocenters. The van der Waals surface area contributed by atoms with Gasteiger partial charge in [0.05, 0.1) is 4.47 Å². The molecule has 1 heterocycles. The van der Waals surface area contributed by atoms with E-state index in [-0.39, 0.29) is 5.56 Å². The highest BCUT2D eigenvalue weighted by atomic mass is 79.9. The number of anilines is 1. The molecule has 0 aliphatic carbocycles. The van der Waals surface area contributed by atoms with E-state index in [2.05, 4.69) is 20.9 Å². The number of hydrogen-bond acceptors (Lipinski definition) is 2. The summed E-state index contributed by atoms with van der Waals surface area (Å²) in [6, 6.07) is 1.55. The Hall–Kier alpha value is -0.770. The first-order valence-electron chi connectivity index (χ1n) is 2.34. The standard InChI is InChI=1S/C5H5BrN2O/c6-4-1-3(7)2-8-5(4)9/h1-2H,7H2,(H,8,9). The zero-order chi connectivity index (χ0) is 6.85. The maximum absolute atomic E-state index is 10.6. The molecule has 1 aromatic heterocycles. The predicted molar refractivity (Wildman–Crippen MR) is 39.2 cm³/mol. The van der Waals surface area contributed by atoms with E-state index in [1.54, 1.807) is 6.07 Å². The quantitative estimate of drug-likeness (QED) is 0.631. The van der Waals surface area contributed by atoms with Crippen molar-refractivity contribution in [1.82, 2.24) is 4.98 Å². The van der Waals surface area contributed by atoms with Gasteiger partial charge >= 0.3 is 0 Å². The fraction of sp³-hybridized carbons (Fsp3) is 0. The minimum absolute atomic E-state index is 0.163. The van der Waals surface area contributed by atoms with E-state index >= 15 is 0 Å². The van der Waals surface area contributed by atoms with Gasteiger partial charge in [0.15, 0.2) is 0 Å². The summed E-state index contributed by atoms with van der Waals surface area (Å²) in [6.07, 6.45) is 1.45. The van der Waals surface area contributed by atoms with Crippen LogP contribution in [0, 0.1) is 0 Å². The largest absolute Gasteiger partial charge is 0.398 e. The van der Waals surface area contributed by atoms with Gasteiger partial charge in [0.25, 0.3) is 5.56 Å². The average molecular weight is 189 g/mol. The molecule has 0 bridgehead atoms. The predicted octanol–water partition coefficient (Wildman–Crippen LogP) is 0.720. The molecule has 48 valence electrons. The van der Waals surface area contributed by atoms with Gasteiger partial charge in [-0.1, -0.05) is 0 Å². The summed E-state index contributed by atoms with van der Waals surface area (Å²) in [7, 11) is 0. The number of H-pyrrole nitrogens is 1. The van der Waals surface area contributed by atoms with Crippen LogP contribution in [0.1, 0.15) is 0 Å². The number of hydrogen-bond donors (Lipinski definition) is 2. The van der Waals surface area contributed by atoms with Crippen LogP contribution in [-0.4, -0.2) is 4.98 Å². The van der Waals surface area contributed by atoms with E-state index in [1.165, 1.54) is 6.20 Å². The van der Waals surface area contributed by atoms with Crippen LogP contribution in [0.3, 0.4) is 0 Å². The smallest absolute Gasteiger partial charge is 0.262 e. The molecule has 0 fully saturated rings. The molecule has 3 nitrogen and oxygen atoms in total. The lowest BCUT2D eigenvalue weighted by Crippen LogP contribution is -2.05. The van der Waals surface area contributed by atoms with Crippen LogP contribution < -0.4 is 11.3 Å². The maximum atomic E-state index is 10.6. The van der Waals surface area contributed by atoms with Gasteiger partial charge in [-0.25, -0.2) is 0 Å². The molecule has 0 amide bonds. The summed E-state index contributed by atoms with van der Waals surface area (Å²) in [5, 5.41) is 0. The van der Waals surface area contributed by atoms with Crippen LogP contribution in [0.5, 0.6) is 0 Å². The molecule has 1 rings (SSSR count). The molecule has 0 radical (unpaired) electrons. The van der Waals surface area contributed by atoms with Crippen molar-refractivity contribution in [2.24, 2.45) is 0 Å². The molecule has 1 aromatic rings. The van der Waals surface area contributed by atoms with Crippen molar-refractivity contribution in [2.45, 2.75) is 0 Å². The summed E-state index contributed by atoms with van der Waals surface area (Å²) >= 11 is 3.02. The molecule has 0 saturated heterocycles. The first-order chi connectivity index (χ1) is 4.20. The second-order valence-electron chi connectivity index (χ2n) is 1.61. The number of halogens is 1. The van der Waals surface area contributed by atoms with Crippen molar-refractivity contribution in [1.29, 1.82) is 0 Å². The molecule has 9 heavy (non-hydrogen) atoms. The highest BCUT2D eigenvalue weighted by Gasteiger charge is 1.91. The van der Waals surface area contributed by atoms with Crippen molar-refractivity contribution in [3.8, 4) is 0 Å². The van der Waals surface area contributed by atoms with Gasteiger partial charge in [-0.2, -0.15) is 0 Å². The van der Waals surface area contributed by atoms with Gasteiger partial charge in [0.2, 0.25) is 0 Å². The monoisotopic (exact) mass is 188 g/mol. The number of nitrogens with two attached hydrogens (primary N) is 1. The Balaban J connectivity index is 3.34. The number of aromatic nitrogens is 1. The number of nitrogens with one attached hydrogen (secondary N) is 1. The molecular weight excluding hydrogens is 184 g/mol. The maximum Gasteiger partial charge on any atom is 0.262 e. The summed E-state index contributed by atoms with van der Waals surface area (Å²) in [5.41, 5.74) is 5.71. The molecule has 4 heteroatoms. The number of aromatic amines is 1. The Kier molecular flexibility index (Phi) is 1.57. The van der Waals surface area contributed by atoms with Crippen molar-refractivity contribution < 1.29 is 0 Å². The van der Waals surface area contributed by atoms with Crippen LogP contribution in [-0.2, 0) is 0 Å². The van der Waals surface area contributed by atoms with Gasteiger partial charge in [-0.3, -0.25) is 4.79 Å².